The molecule has 6 aliphatic rings. The minimum atomic E-state index is -0.230. The monoisotopic (exact) mass is 554 g/mol. The van der Waals surface area contributed by atoms with Gasteiger partial charge in [0.2, 0.25) is 23.6 Å². The van der Waals surface area contributed by atoms with Gasteiger partial charge in [-0.1, -0.05) is 36.4 Å². The molecule has 4 bridgehead atoms. The van der Waals surface area contributed by atoms with Crippen molar-refractivity contribution in [1.29, 1.82) is 0 Å². The minimum Gasteiger partial charge on any atom is -0.274 e. The molecule has 8 atom stereocenters. The molecule has 1 aromatic heterocycles. The van der Waals surface area contributed by atoms with Crippen LogP contribution in [0.4, 0.5) is 11.4 Å². The lowest BCUT2D eigenvalue weighted by atomic mass is 9.85. The van der Waals surface area contributed by atoms with Crippen LogP contribution in [-0.4, -0.2) is 33.6 Å². The number of carbonyl (C=O) groups excluding carboxylic acids is 4. The third-order valence-corrected chi connectivity index (χ3v) is 10.4. The Morgan fingerprint density at radius 1 is 0.524 bits per heavy atom. The fourth-order valence-corrected chi connectivity index (χ4v) is 8.51. The topological polar surface area (TPSA) is 101 Å². The van der Waals surface area contributed by atoms with Gasteiger partial charge in [0, 0.05) is 17.3 Å². The van der Waals surface area contributed by atoms with E-state index in [-0.39, 0.29) is 71.0 Å². The SMILES string of the molecule is O=C1[C@@H]2[C@@H](C(=O)N1c1ccc(-c3nccc(-c4ccc(N5C(=O)[C@@H]6[C@H](C5=O)[C@H]5C=C[C@H]6C5)cc4)n3)cc1)[C@H]1C=C[C@H]2C1. The largest absolute Gasteiger partial charge is 0.274 e. The quantitative estimate of drug-likeness (QED) is 0.349. The molecule has 4 aliphatic carbocycles. The summed E-state index contributed by atoms with van der Waals surface area (Å²) in [7, 11) is 0. The Hall–Kier alpha value is -4.72. The van der Waals surface area contributed by atoms with Crippen LogP contribution in [0.25, 0.3) is 22.6 Å². The van der Waals surface area contributed by atoms with E-state index in [9.17, 15) is 19.2 Å². The summed E-state index contributed by atoms with van der Waals surface area (Å²) in [6.45, 7) is 0. The molecule has 8 heteroatoms. The van der Waals surface area contributed by atoms with Crippen LogP contribution in [0.3, 0.4) is 0 Å². The first-order valence-electron chi connectivity index (χ1n) is 14.6. The highest BCUT2D eigenvalue weighted by molar-refractivity contribution is 6.23. The third kappa shape index (κ3) is 3.12. The number of carbonyl (C=O) groups is 4. The van der Waals surface area contributed by atoms with Gasteiger partial charge >= 0.3 is 0 Å². The lowest BCUT2D eigenvalue weighted by molar-refractivity contribution is -0.124. The lowest BCUT2D eigenvalue weighted by Crippen LogP contribution is -2.32. The van der Waals surface area contributed by atoms with E-state index in [1.165, 1.54) is 9.80 Å². The van der Waals surface area contributed by atoms with Gasteiger partial charge in [0.05, 0.1) is 40.7 Å². The summed E-state index contributed by atoms with van der Waals surface area (Å²) >= 11 is 0. The van der Waals surface area contributed by atoms with E-state index in [0.29, 0.717) is 22.9 Å². The zero-order chi connectivity index (χ0) is 28.3. The van der Waals surface area contributed by atoms with Crippen LogP contribution < -0.4 is 9.80 Å². The first-order valence-corrected chi connectivity index (χ1v) is 14.6. The number of anilines is 2. The molecule has 2 aliphatic heterocycles. The molecule has 2 saturated heterocycles. The predicted molar refractivity (Wildman–Crippen MR) is 153 cm³/mol. The summed E-state index contributed by atoms with van der Waals surface area (Å²) < 4.78 is 0. The van der Waals surface area contributed by atoms with E-state index < -0.39 is 0 Å². The molecule has 8 nitrogen and oxygen atoms in total. The summed E-state index contributed by atoms with van der Waals surface area (Å²) in [6, 6.07) is 16.4. The van der Waals surface area contributed by atoms with E-state index in [4.69, 9.17) is 4.98 Å². The molecule has 3 aromatic rings. The summed E-state index contributed by atoms with van der Waals surface area (Å²) in [5.74, 6) is -0.0616. The third-order valence-electron chi connectivity index (χ3n) is 10.4. The van der Waals surface area contributed by atoms with Gasteiger partial charge in [-0.3, -0.25) is 29.0 Å². The highest BCUT2D eigenvalue weighted by Crippen LogP contribution is 2.54. The molecular formula is C34H26N4O4. The van der Waals surface area contributed by atoms with Crippen molar-refractivity contribution in [3.05, 3.63) is 85.1 Å². The Labute approximate surface area is 241 Å². The maximum atomic E-state index is 13.2. The maximum Gasteiger partial charge on any atom is 0.238 e. The van der Waals surface area contributed by atoms with Gasteiger partial charge in [-0.25, -0.2) is 9.97 Å². The van der Waals surface area contributed by atoms with E-state index >= 15 is 0 Å². The standard InChI is InChI=1S/C34H26N4O4/c39-31-26-19-1-2-20(15-19)27(26)32(40)37(31)23-9-5-17(6-10-23)25-13-14-35-30(36-25)18-7-11-24(12-8-18)38-33(41)28-21-3-4-22(16-21)29(28)34(38)42/h1-14,19-22,26-29H,15-16H2/t19-,20-,21-,22-,26-,27+,28-,29-/m0/s1. The fraction of sp³-hybridized carbons (Fsp3) is 0.294. The molecule has 9 rings (SSSR count). The Morgan fingerprint density at radius 2 is 0.929 bits per heavy atom. The highest BCUT2D eigenvalue weighted by Gasteiger charge is 2.60. The molecule has 3 heterocycles. The number of fused-ring (bicyclic) bond motifs is 10. The van der Waals surface area contributed by atoms with E-state index in [2.05, 4.69) is 29.3 Å². The van der Waals surface area contributed by atoms with Gasteiger partial charge in [-0.2, -0.15) is 0 Å². The average molecular weight is 555 g/mol. The van der Waals surface area contributed by atoms with Crippen LogP contribution in [-0.2, 0) is 19.2 Å². The first-order chi connectivity index (χ1) is 20.5. The molecular weight excluding hydrogens is 528 g/mol. The number of hydrogen-bond donors (Lipinski definition) is 0. The van der Waals surface area contributed by atoms with E-state index in [1.54, 1.807) is 30.5 Å². The van der Waals surface area contributed by atoms with Crippen LogP contribution in [0.2, 0.25) is 0 Å². The number of rotatable bonds is 4. The predicted octanol–water partition coefficient (Wildman–Crippen LogP) is 4.43. The van der Waals surface area contributed by atoms with Crippen LogP contribution in [0, 0.1) is 47.3 Å². The van der Waals surface area contributed by atoms with Crippen molar-refractivity contribution in [2.45, 2.75) is 12.8 Å². The molecule has 0 radical (unpaired) electrons. The molecule has 206 valence electrons. The zero-order valence-electron chi connectivity index (χ0n) is 22.5. The van der Waals surface area contributed by atoms with Crippen LogP contribution in [0.5, 0.6) is 0 Å². The second-order valence-electron chi connectivity index (χ2n) is 12.4. The number of nitrogens with zero attached hydrogens (tertiary/aromatic N) is 4. The van der Waals surface area contributed by atoms with Crippen molar-refractivity contribution >= 4 is 35.0 Å². The Morgan fingerprint density at radius 3 is 1.36 bits per heavy atom. The summed E-state index contributed by atoms with van der Waals surface area (Å²) in [4.78, 5) is 64.6. The molecule has 0 unspecified atom stereocenters. The van der Waals surface area contributed by atoms with Crippen LogP contribution in [0.15, 0.2) is 85.1 Å². The summed E-state index contributed by atoms with van der Waals surface area (Å²) in [5, 5.41) is 0. The van der Waals surface area contributed by atoms with Crippen molar-refractivity contribution in [2.24, 2.45) is 47.3 Å². The number of hydrogen-bond acceptors (Lipinski definition) is 6. The van der Waals surface area contributed by atoms with E-state index in [0.717, 1.165) is 24.0 Å². The van der Waals surface area contributed by atoms with Crippen molar-refractivity contribution in [3.63, 3.8) is 0 Å². The molecule has 4 amide bonds. The Kier molecular flexibility index (Phi) is 4.79. The van der Waals surface area contributed by atoms with Gasteiger partial charge in [0.15, 0.2) is 5.82 Å². The number of benzene rings is 2. The van der Waals surface area contributed by atoms with Crippen LogP contribution in [0.1, 0.15) is 12.8 Å². The second-order valence-corrected chi connectivity index (χ2v) is 12.4. The number of aromatic nitrogens is 2. The van der Waals surface area contributed by atoms with Gasteiger partial charge in [0.25, 0.3) is 0 Å². The lowest BCUT2D eigenvalue weighted by Gasteiger charge is -2.18. The highest BCUT2D eigenvalue weighted by atomic mass is 16.2. The van der Waals surface area contributed by atoms with Gasteiger partial charge in [-0.15, -0.1) is 0 Å². The summed E-state index contributed by atoms with van der Waals surface area (Å²) in [5.41, 5.74) is 3.47. The van der Waals surface area contributed by atoms with Crippen molar-refractivity contribution in [3.8, 4) is 22.6 Å². The molecule has 0 N–H and O–H groups in total. The Balaban J connectivity index is 0.948. The number of amides is 4. The van der Waals surface area contributed by atoms with Gasteiger partial charge < -0.3 is 0 Å². The zero-order valence-corrected chi connectivity index (χ0v) is 22.5. The van der Waals surface area contributed by atoms with Crippen molar-refractivity contribution < 1.29 is 19.2 Å². The van der Waals surface area contributed by atoms with Crippen molar-refractivity contribution in [1.82, 2.24) is 9.97 Å². The van der Waals surface area contributed by atoms with Crippen LogP contribution >= 0.6 is 0 Å². The second kappa shape index (κ2) is 8.41. The van der Waals surface area contributed by atoms with Crippen molar-refractivity contribution in [2.75, 3.05) is 9.80 Å². The smallest absolute Gasteiger partial charge is 0.238 e. The maximum absolute atomic E-state index is 13.2. The van der Waals surface area contributed by atoms with Gasteiger partial charge in [0.1, 0.15) is 0 Å². The van der Waals surface area contributed by atoms with Gasteiger partial charge in [-0.05, 0) is 79.0 Å². The number of allylic oxidation sites excluding steroid dienone is 4. The fourth-order valence-electron chi connectivity index (χ4n) is 8.51. The molecule has 2 saturated carbocycles. The minimum absolute atomic E-state index is 0.0908. The van der Waals surface area contributed by atoms with E-state index in [1.807, 2.05) is 30.3 Å². The normalized spacial score (nSPS) is 33.4. The average Bonchev–Trinajstić information content (AvgIpc) is 3.87. The molecule has 2 aromatic carbocycles. The Bertz CT molecular complexity index is 1590. The molecule has 4 fully saturated rings. The molecule has 42 heavy (non-hydrogen) atoms. The summed E-state index contributed by atoms with van der Waals surface area (Å²) in [6.07, 6.45) is 11.9. The molecule has 0 spiro atoms. The number of imide groups is 2. The first kappa shape index (κ1) is 23.9.